The summed E-state index contributed by atoms with van der Waals surface area (Å²) in [6.07, 6.45) is 0. The molecule has 136 valence electrons. The number of fused-ring (bicyclic) bond motifs is 1. The molecule has 0 radical (unpaired) electrons. The standard InChI is InChI=1S/C18H13FN4OS3/c1-10-20-16-17(27-10)15(13-3-2-8-25-13)22-23-18(16)26-9-14(24)21-12-6-4-11(19)5-7-12/h2-8H,9H2,1H3,(H,21,24). The van der Waals surface area contributed by atoms with Crippen LogP contribution in [0.1, 0.15) is 5.01 Å². The van der Waals surface area contributed by atoms with Crippen molar-refractivity contribution in [1.29, 1.82) is 0 Å². The zero-order valence-electron chi connectivity index (χ0n) is 14.1. The molecule has 1 amide bonds. The molecule has 0 unspecified atom stereocenters. The molecule has 0 fully saturated rings. The van der Waals surface area contributed by atoms with Crippen molar-refractivity contribution in [2.24, 2.45) is 0 Å². The number of amides is 1. The third-order valence-electron chi connectivity index (χ3n) is 3.62. The van der Waals surface area contributed by atoms with Gasteiger partial charge in [-0.05, 0) is 42.6 Å². The number of nitrogens with one attached hydrogen (secondary N) is 1. The van der Waals surface area contributed by atoms with Gasteiger partial charge in [0.2, 0.25) is 5.91 Å². The van der Waals surface area contributed by atoms with Crippen LogP contribution < -0.4 is 5.32 Å². The summed E-state index contributed by atoms with van der Waals surface area (Å²) in [5, 5.41) is 15.0. The van der Waals surface area contributed by atoms with Gasteiger partial charge in [0.25, 0.3) is 0 Å². The fourth-order valence-corrected chi connectivity index (χ4v) is 4.94. The number of thiophene rings is 1. The number of halogens is 1. The second-order valence-corrected chi connectivity index (χ2v) is 8.70. The number of carbonyl (C=O) groups is 1. The van der Waals surface area contributed by atoms with Crippen LogP contribution in [-0.2, 0) is 4.79 Å². The molecule has 0 aliphatic carbocycles. The summed E-state index contributed by atoms with van der Waals surface area (Å²) in [6.45, 7) is 1.94. The van der Waals surface area contributed by atoms with E-state index >= 15 is 0 Å². The van der Waals surface area contributed by atoms with E-state index in [-0.39, 0.29) is 17.5 Å². The van der Waals surface area contributed by atoms with E-state index in [1.807, 2.05) is 24.4 Å². The third-order valence-corrected chi connectivity index (χ3v) is 6.42. The minimum absolute atomic E-state index is 0.163. The highest BCUT2D eigenvalue weighted by Crippen LogP contribution is 2.36. The molecule has 0 aliphatic rings. The molecule has 1 N–H and O–H groups in total. The first kappa shape index (κ1) is 18.0. The van der Waals surface area contributed by atoms with Gasteiger partial charge in [-0.15, -0.1) is 32.9 Å². The van der Waals surface area contributed by atoms with Crippen molar-refractivity contribution in [1.82, 2.24) is 15.2 Å². The number of nitrogens with zero attached hydrogens (tertiary/aromatic N) is 3. The summed E-state index contributed by atoms with van der Waals surface area (Å²) < 4.78 is 13.9. The predicted molar refractivity (Wildman–Crippen MR) is 109 cm³/mol. The van der Waals surface area contributed by atoms with Crippen molar-refractivity contribution in [2.45, 2.75) is 11.9 Å². The maximum atomic E-state index is 12.9. The van der Waals surface area contributed by atoms with Gasteiger partial charge in [-0.2, -0.15) is 0 Å². The maximum Gasteiger partial charge on any atom is 0.234 e. The van der Waals surface area contributed by atoms with Crippen LogP contribution in [0.3, 0.4) is 0 Å². The van der Waals surface area contributed by atoms with E-state index in [0.29, 0.717) is 10.7 Å². The van der Waals surface area contributed by atoms with Gasteiger partial charge in [0.15, 0.2) is 0 Å². The van der Waals surface area contributed by atoms with Crippen LogP contribution in [0.25, 0.3) is 20.8 Å². The SMILES string of the molecule is Cc1nc2c(SCC(=O)Nc3ccc(F)cc3)nnc(-c3cccs3)c2s1. The minimum Gasteiger partial charge on any atom is -0.325 e. The highest BCUT2D eigenvalue weighted by atomic mass is 32.2. The van der Waals surface area contributed by atoms with Gasteiger partial charge >= 0.3 is 0 Å². The molecular weight excluding hydrogens is 403 g/mol. The van der Waals surface area contributed by atoms with Gasteiger partial charge in [-0.1, -0.05) is 17.8 Å². The van der Waals surface area contributed by atoms with E-state index in [2.05, 4.69) is 20.5 Å². The molecule has 1 aromatic carbocycles. The molecular formula is C18H13FN4OS3. The van der Waals surface area contributed by atoms with Gasteiger partial charge in [0.05, 0.1) is 20.3 Å². The number of aromatic nitrogens is 3. The number of carbonyl (C=O) groups excluding carboxylic acids is 1. The van der Waals surface area contributed by atoms with Crippen molar-refractivity contribution in [3.05, 3.63) is 52.6 Å². The molecule has 4 aromatic rings. The van der Waals surface area contributed by atoms with E-state index in [0.717, 1.165) is 25.8 Å². The van der Waals surface area contributed by atoms with E-state index in [9.17, 15) is 9.18 Å². The summed E-state index contributed by atoms with van der Waals surface area (Å²) in [7, 11) is 0. The van der Waals surface area contributed by atoms with Crippen molar-refractivity contribution in [2.75, 3.05) is 11.1 Å². The maximum absolute atomic E-state index is 12.9. The van der Waals surface area contributed by atoms with Gasteiger partial charge < -0.3 is 5.32 Å². The largest absolute Gasteiger partial charge is 0.325 e. The second kappa shape index (κ2) is 7.71. The summed E-state index contributed by atoms with van der Waals surface area (Å²) in [4.78, 5) is 17.8. The fraction of sp³-hybridized carbons (Fsp3) is 0.111. The van der Waals surface area contributed by atoms with Crippen molar-refractivity contribution < 1.29 is 9.18 Å². The van der Waals surface area contributed by atoms with Crippen LogP contribution in [0.2, 0.25) is 0 Å². The number of rotatable bonds is 5. The Morgan fingerprint density at radius 2 is 2.04 bits per heavy atom. The number of thiazole rings is 1. The van der Waals surface area contributed by atoms with Gasteiger partial charge in [-0.3, -0.25) is 4.79 Å². The molecule has 0 bridgehead atoms. The van der Waals surface area contributed by atoms with Crippen molar-refractivity contribution >= 4 is 56.2 Å². The molecule has 0 spiro atoms. The molecule has 27 heavy (non-hydrogen) atoms. The average molecular weight is 417 g/mol. The first-order chi connectivity index (χ1) is 13.1. The Hall–Kier alpha value is -2.36. The number of anilines is 1. The van der Waals surface area contributed by atoms with Crippen LogP contribution in [-0.4, -0.2) is 26.8 Å². The quantitative estimate of drug-likeness (QED) is 0.464. The molecule has 3 heterocycles. The first-order valence-corrected chi connectivity index (χ1v) is 10.6. The van der Waals surface area contributed by atoms with E-state index in [4.69, 9.17) is 0 Å². The Bertz CT molecular complexity index is 1090. The number of hydrogen-bond donors (Lipinski definition) is 1. The molecule has 9 heteroatoms. The van der Waals surface area contributed by atoms with Crippen LogP contribution in [0.4, 0.5) is 10.1 Å². The highest BCUT2D eigenvalue weighted by molar-refractivity contribution is 8.00. The molecule has 0 atom stereocenters. The van der Waals surface area contributed by atoms with E-state index in [1.54, 1.807) is 22.7 Å². The van der Waals surface area contributed by atoms with E-state index in [1.165, 1.54) is 36.0 Å². The Kier molecular flexibility index (Phi) is 5.15. The fourth-order valence-electron chi connectivity index (χ4n) is 2.46. The summed E-state index contributed by atoms with van der Waals surface area (Å²) in [6, 6.07) is 9.64. The molecule has 4 rings (SSSR count). The Morgan fingerprint density at radius 3 is 2.78 bits per heavy atom. The minimum atomic E-state index is -0.343. The lowest BCUT2D eigenvalue weighted by Gasteiger charge is -2.06. The Balaban J connectivity index is 1.53. The number of thioether (sulfide) groups is 1. The van der Waals surface area contributed by atoms with Crippen LogP contribution in [0, 0.1) is 12.7 Å². The second-order valence-electron chi connectivity index (χ2n) is 5.59. The van der Waals surface area contributed by atoms with Crippen molar-refractivity contribution in [3.8, 4) is 10.6 Å². The monoisotopic (exact) mass is 416 g/mol. The number of hydrogen-bond acceptors (Lipinski definition) is 7. The summed E-state index contributed by atoms with van der Waals surface area (Å²) >= 11 is 4.47. The molecule has 3 aromatic heterocycles. The lowest BCUT2D eigenvalue weighted by atomic mass is 10.3. The van der Waals surface area contributed by atoms with Gasteiger partial charge in [0, 0.05) is 5.69 Å². The number of benzene rings is 1. The van der Waals surface area contributed by atoms with Gasteiger partial charge in [0.1, 0.15) is 22.1 Å². The lowest BCUT2D eigenvalue weighted by molar-refractivity contribution is -0.113. The van der Waals surface area contributed by atoms with Crippen LogP contribution in [0.5, 0.6) is 0 Å². The van der Waals surface area contributed by atoms with E-state index < -0.39 is 0 Å². The lowest BCUT2D eigenvalue weighted by Crippen LogP contribution is -2.14. The molecule has 5 nitrogen and oxygen atoms in total. The first-order valence-electron chi connectivity index (χ1n) is 7.96. The highest BCUT2D eigenvalue weighted by Gasteiger charge is 2.17. The number of aryl methyl sites for hydroxylation is 1. The topological polar surface area (TPSA) is 67.8 Å². The smallest absolute Gasteiger partial charge is 0.234 e. The Labute approximate surface area is 166 Å². The van der Waals surface area contributed by atoms with Crippen molar-refractivity contribution in [3.63, 3.8) is 0 Å². The molecule has 0 aliphatic heterocycles. The zero-order chi connectivity index (χ0) is 18.8. The predicted octanol–water partition coefficient (Wildman–Crippen LogP) is 4.99. The average Bonchev–Trinajstić information content (AvgIpc) is 3.31. The summed E-state index contributed by atoms with van der Waals surface area (Å²) in [5.74, 6) is -0.378. The molecule has 0 saturated carbocycles. The van der Waals surface area contributed by atoms with Crippen LogP contribution >= 0.6 is 34.4 Å². The van der Waals surface area contributed by atoms with Gasteiger partial charge in [-0.25, -0.2) is 9.37 Å². The van der Waals surface area contributed by atoms with Crippen LogP contribution in [0.15, 0.2) is 46.8 Å². The third kappa shape index (κ3) is 4.00. The summed E-state index contributed by atoms with van der Waals surface area (Å²) in [5.41, 5.74) is 2.15. The zero-order valence-corrected chi connectivity index (χ0v) is 16.6. The molecule has 0 saturated heterocycles. The normalized spacial score (nSPS) is 11.0. The Morgan fingerprint density at radius 1 is 1.22 bits per heavy atom.